The van der Waals surface area contributed by atoms with Crippen LogP contribution in [0.15, 0.2) is 0 Å². The Morgan fingerprint density at radius 1 is 1.21 bits per heavy atom. The maximum atomic E-state index is 11.4. The number of amides is 3. The largest absolute Gasteiger partial charge is 0.324 e. The molecule has 3 atom stereocenters. The van der Waals surface area contributed by atoms with E-state index < -0.39 is 0 Å². The van der Waals surface area contributed by atoms with Crippen molar-refractivity contribution in [2.24, 2.45) is 11.8 Å². The van der Waals surface area contributed by atoms with Crippen molar-refractivity contribution in [1.29, 1.82) is 0 Å². The van der Waals surface area contributed by atoms with Crippen LogP contribution in [0.4, 0.5) is 4.79 Å². The smallest absolute Gasteiger partial charge is 0.312 e. The van der Waals surface area contributed by atoms with Crippen molar-refractivity contribution in [2.75, 3.05) is 6.54 Å². The Balaban J connectivity index is 1.77. The SMILES string of the molecule is O=C1CN(C2CC3CCC2C3)C(=O)N1. The third-order valence-electron chi connectivity index (χ3n) is 3.92. The highest BCUT2D eigenvalue weighted by molar-refractivity contribution is 6.02. The molecule has 2 aliphatic carbocycles. The number of fused-ring (bicyclic) bond motifs is 2. The van der Waals surface area contributed by atoms with Crippen LogP contribution >= 0.6 is 0 Å². The zero-order valence-electron chi connectivity index (χ0n) is 8.03. The lowest BCUT2D eigenvalue weighted by Gasteiger charge is -2.29. The van der Waals surface area contributed by atoms with Crippen LogP contribution in [-0.2, 0) is 4.79 Å². The van der Waals surface area contributed by atoms with Crippen LogP contribution in [0.5, 0.6) is 0 Å². The second-order valence-corrected chi connectivity index (χ2v) is 4.72. The topological polar surface area (TPSA) is 49.4 Å². The molecule has 2 bridgehead atoms. The predicted molar refractivity (Wildman–Crippen MR) is 49.5 cm³/mol. The highest BCUT2D eigenvalue weighted by Crippen LogP contribution is 2.46. The molecule has 0 radical (unpaired) electrons. The van der Waals surface area contributed by atoms with Gasteiger partial charge in [-0.3, -0.25) is 10.1 Å². The molecule has 0 aromatic rings. The zero-order valence-corrected chi connectivity index (χ0v) is 8.03. The Bertz CT molecular complexity index is 302. The van der Waals surface area contributed by atoms with Gasteiger partial charge in [-0.15, -0.1) is 0 Å². The van der Waals surface area contributed by atoms with Gasteiger partial charge in [-0.1, -0.05) is 6.42 Å². The fourth-order valence-corrected chi connectivity index (χ4v) is 3.32. The first kappa shape index (κ1) is 8.26. The summed E-state index contributed by atoms with van der Waals surface area (Å²) < 4.78 is 0. The van der Waals surface area contributed by atoms with Crippen molar-refractivity contribution in [2.45, 2.75) is 31.7 Å². The van der Waals surface area contributed by atoms with Crippen molar-refractivity contribution in [3.05, 3.63) is 0 Å². The lowest BCUT2D eigenvalue weighted by molar-refractivity contribution is -0.118. The highest BCUT2D eigenvalue weighted by Gasteiger charge is 2.46. The molecule has 1 heterocycles. The van der Waals surface area contributed by atoms with Gasteiger partial charge in [0, 0.05) is 6.04 Å². The van der Waals surface area contributed by atoms with Gasteiger partial charge in [0.1, 0.15) is 6.54 Å². The average molecular weight is 194 g/mol. The van der Waals surface area contributed by atoms with Crippen LogP contribution in [-0.4, -0.2) is 29.4 Å². The molecular weight excluding hydrogens is 180 g/mol. The number of carbonyl (C=O) groups excluding carboxylic acids is 2. The molecule has 0 aromatic carbocycles. The minimum atomic E-state index is -0.174. The number of hydrogen-bond acceptors (Lipinski definition) is 2. The summed E-state index contributed by atoms with van der Waals surface area (Å²) in [7, 11) is 0. The summed E-state index contributed by atoms with van der Waals surface area (Å²) in [6, 6.07) is 0.174. The fraction of sp³-hybridized carbons (Fsp3) is 0.800. The molecule has 2 saturated carbocycles. The van der Waals surface area contributed by atoms with E-state index in [0.717, 1.165) is 12.3 Å². The quantitative estimate of drug-likeness (QED) is 0.625. The van der Waals surface area contributed by atoms with E-state index in [1.54, 1.807) is 4.90 Å². The van der Waals surface area contributed by atoms with E-state index in [1.807, 2.05) is 0 Å². The molecular formula is C10H14N2O2. The molecule has 3 unspecified atom stereocenters. The van der Waals surface area contributed by atoms with Gasteiger partial charge in [0.15, 0.2) is 0 Å². The number of carbonyl (C=O) groups is 2. The molecule has 3 fully saturated rings. The van der Waals surface area contributed by atoms with Gasteiger partial charge in [-0.05, 0) is 31.1 Å². The van der Waals surface area contributed by atoms with E-state index in [-0.39, 0.29) is 18.5 Å². The van der Waals surface area contributed by atoms with Crippen molar-refractivity contribution in [1.82, 2.24) is 10.2 Å². The Morgan fingerprint density at radius 2 is 2.07 bits per heavy atom. The van der Waals surface area contributed by atoms with E-state index in [4.69, 9.17) is 0 Å². The van der Waals surface area contributed by atoms with Crippen LogP contribution < -0.4 is 5.32 Å². The second-order valence-electron chi connectivity index (χ2n) is 4.72. The fourth-order valence-electron chi connectivity index (χ4n) is 3.32. The first-order valence-corrected chi connectivity index (χ1v) is 5.34. The first-order valence-electron chi connectivity index (χ1n) is 5.34. The highest BCUT2D eigenvalue weighted by atomic mass is 16.2. The summed E-state index contributed by atoms with van der Waals surface area (Å²) >= 11 is 0. The van der Waals surface area contributed by atoms with E-state index >= 15 is 0 Å². The summed E-state index contributed by atoms with van der Waals surface area (Å²) in [4.78, 5) is 24.2. The molecule has 76 valence electrons. The number of hydrogen-bond donors (Lipinski definition) is 1. The van der Waals surface area contributed by atoms with E-state index in [0.29, 0.717) is 12.0 Å². The maximum absolute atomic E-state index is 11.4. The predicted octanol–water partition coefficient (Wildman–Crippen LogP) is 0.727. The minimum absolute atomic E-state index is 0.141. The van der Waals surface area contributed by atoms with Crippen molar-refractivity contribution >= 4 is 11.9 Å². The number of urea groups is 1. The third-order valence-corrected chi connectivity index (χ3v) is 3.92. The first-order chi connectivity index (χ1) is 6.74. The molecule has 14 heavy (non-hydrogen) atoms. The molecule has 1 N–H and O–H groups in total. The molecule has 1 aliphatic heterocycles. The minimum Gasteiger partial charge on any atom is -0.312 e. The van der Waals surface area contributed by atoms with Gasteiger partial charge >= 0.3 is 6.03 Å². The monoisotopic (exact) mass is 194 g/mol. The molecule has 1 saturated heterocycles. The summed E-state index contributed by atoms with van der Waals surface area (Å²) in [6.45, 7) is 0.284. The molecule has 0 aromatic heterocycles. The van der Waals surface area contributed by atoms with Crippen LogP contribution in [0.25, 0.3) is 0 Å². The number of nitrogens with one attached hydrogen (secondary N) is 1. The number of imide groups is 1. The van der Waals surface area contributed by atoms with Crippen molar-refractivity contribution < 1.29 is 9.59 Å². The van der Waals surface area contributed by atoms with Gasteiger partial charge in [0.25, 0.3) is 0 Å². The van der Waals surface area contributed by atoms with Gasteiger partial charge in [0.2, 0.25) is 5.91 Å². The normalized spacial score (nSPS) is 40.9. The standard InChI is InChI=1S/C10H14N2O2/c13-9-5-12(10(14)11-9)8-4-6-1-2-7(8)3-6/h6-8H,1-5H2,(H,11,13,14). The summed E-state index contributed by atoms with van der Waals surface area (Å²) in [5.74, 6) is 1.34. The van der Waals surface area contributed by atoms with Crippen LogP contribution in [0.3, 0.4) is 0 Å². The molecule has 4 heteroatoms. The molecule has 0 spiro atoms. The van der Waals surface area contributed by atoms with E-state index in [9.17, 15) is 9.59 Å². The average Bonchev–Trinajstić information content (AvgIpc) is 2.79. The van der Waals surface area contributed by atoms with Gasteiger partial charge in [-0.2, -0.15) is 0 Å². The zero-order chi connectivity index (χ0) is 9.71. The maximum Gasteiger partial charge on any atom is 0.324 e. The summed E-state index contributed by atoms with van der Waals surface area (Å²) in [5.41, 5.74) is 0. The van der Waals surface area contributed by atoms with Gasteiger partial charge < -0.3 is 4.90 Å². The van der Waals surface area contributed by atoms with Crippen LogP contribution in [0.1, 0.15) is 25.7 Å². The summed E-state index contributed by atoms with van der Waals surface area (Å²) in [5, 5.41) is 2.35. The van der Waals surface area contributed by atoms with E-state index in [2.05, 4.69) is 5.32 Å². The Kier molecular flexibility index (Phi) is 1.60. The molecule has 4 nitrogen and oxygen atoms in total. The molecule has 3 amide bonds. The second kappa shape index (κ2) is 2.72. The Morgan fingerprint density at radius 3 is 2.57 bits per heavy atom. The Hall–Kier alpha value is -1.06. The lowest BCUT2D eigenvalue weighted by atomic mass is 9.94. The summed E-state index contributed by atoms with van der Waals surface area (Å²) in [6.07, 6.45) is 4.95. The molecule has 3 rings (SSSR count). The van der Waals surface area contributed by atoms with Crippen molar-refractivity contribution in [3.63, 3.8) is 0 Å². The van der Waals surface area contributed by atoms with Crippen molar-refractivity contribution in [3.8, 4) is 0 Å². The number of rotatable bonds is 1. The Labute approximate surface area is 82.6 Å². The molecule has 3 aliphatic rings. The third kappa shape index (κ3) is 1.06. The number of nitrogens with zero attached hydrogens (tertiary/aromatic N) is 1. The van der Waals surface area contributed by atoms with Gasteiger partial charge in [0.05, 0.1) is 0 Å². The lowest BCUT2D eigenvalue weighted by Crippen LogP contribution is -2.41. The van der Waals surface area contributed by atoms with Crippen LogP contribution in [0, 0.1) is 11.8 Å². The van der Waals surface area contributed by atoms with E-state index in [1.165, 1.54) is 19.3 Å². The van der Waals surface area contributed by atoms with Gasteiger partial charge in [-0.25, -0.2) is 4.79 Å². The van der Waals surface area contributed by atoms with Crippen LogP contribution in [0.2, 0.25) is 0 Å².